The normalized spacial score (nSPS) is 13.2. The molecule has 96 valence electrons. The van der Waals surface area contributed by atoms with Gasteiger partial charge in [-0.25, -0.2) is 0 Å². The standard InChI is InChI=1S/C12H21N3OS/c1-9(2)7-15(8-12(14)16)10(6-13)11-4-3-5-17-11/h3-5,9-10H,6-8,13H2,1-2H3,(H2,14,16). The number of amides is 1. The molecule has 1 atom stereocenters. The van der Waals surface area contributed by atoms with E-state index in [0.717, 1.165) is 6.54 Å². The van der Waals surface area contributed by atoms with E-state index in [1.54, 1.807) is 11.3 Å². The summed E-state index contributed by atoms with van der Waals surface area (Å²) in [5.74, 6) is 0.170. The van der Waals surface area contributed by atoms with Crippen molar-refractivity contribution in [3.63, 3.8) is 0 Å². The molecule has 0 aromatic carbocycles. The average Bonchev–Trinajstić information content (AvgIpc) is 2.70. The van der Waals surface area contributed by atoms with Gasteiger partial charge in [0.25, 0.3) is 0 Å². The zero-order chi connectivity index (χ0) is 12.8. The van der Waals surface area contributed by atoms with Gasteiger partial charge in [0.2, 0.25) is 5.91 Å². The second-order valence-electron chi connectivity index (χ2n) is 4.56. The monoisotopic (exact) mass is 255 g/mol. The van der Waals surface area contributed by atoms with E-state index in [9.17, 15) is 4.79 Å². The molecule has 1 unspecified atom stereocenters. The van der Waals surface area contributed by atoms with E-state index in [0.29, 0.717) is 12.5 Å². The summed E-state index contributed by atoms with van der Waals surface area (Å²) in [5.41, 5.74) is 11.1. The van der Waals surface area contributed by atoms with Gasteiger partial charge in [-0.3, -0.25) is 9.69 Å². The third-order valence-electron chi connectivity index (χ3n) is 2.49. The quantitative estimate of drug-likeness (QED) is 0.768. The summed E-state index contributed by atoms with van der Waals surface area (Å²) < 4.78 is 0. The molecule has 0 saturated heterocycles. The van der Waals surface area contributed by atoms with Crippen molar-refractivity contribution in [2.45, 2.75) is 19.9 Å². The van der Waals surface area contributed by atoms with Crippen molar-refractivity contribution in [3.05, 3.63) is 22.4 Å². The van der Waals surface area contributed by atoms with Crippen LogP contribution in [0.1, 0.15) is 24.8 Å². The van der Waals surface area contributed by atoms with Crippen LogP contribution in [0, 0.1) is 5.92 Å². The van der Waals surface area contributed by atoms with Crippen LogP contribution in [0.15, 0.2) is 17.5 Å². The first-order valence-corrected chi connectivity index (χ1v) is 6.68. The fourth-order valence-electron chi connectivity index (χ4n) is 1.90. The SMILES string of the molecule is CC(C)CN(CC(N)=O)C(CN)c1cccs1. The van der Waals surface area contributed by atoms with Gasteiger partial charge in [0.1, 0.15) is 0 Å². The van der Waals surface area contributed by atoms with E-state index in [2.05, 4.69) is 24.8 Å². The molecule has 0 saturated carbocycles. The van der Waals surface area contributed by atoms with E-state index in [1.165, 1.54) is 4.88 Å². The van der Waals surface area contributed by atoms with E-state index in [-0.39, 0.29) is 18.5 Å². The van der Waals surface area contributed by atoms with Gasteiger partial charge in [0.05, 0.1) is 12.6 Å². The molecule has 17 heavy (non-hydrogen) atoms. The van der Waals surface area contributed by atoms with E-state index >= 15 is 0 Å². The van der Waals surface area contributed by atoms with E-state index in [1.807, 2.05) is 11.4 Å². The first-order valence-electron chi connectivity index (χ1n) is 5.80. The summed E-state index contributed by atoms with van der Waals surface area (Å²) in [6, 6.07) is 4.14. The van der Waals surface area contributed by atoms with Gasteiger partial charge < -0.3 is 11.5 Å². The van der Waals surface area contributed by atoms with E-state index in [4.69, 9.17) is 11.5 Å². The highest BCUT2D eigenvalue weighted by Crippen LogP contribution is 2.24. The van der Waals surface area contributed by atoms with Crippen molar-refractivity contribution < 1.29 is 4.79 Å². The molecule has 4 N–H and O–H groups in total. The van der Waals surface area contributed by atoms with Crippen LogP contribution in [0.25, 0.3) is 0 Å². The minimum atomic E-state index is -0.305. The molecular weight excluding hydrogens is 234 g/mol. The minimum absolute atomic E-state index is 0.0879. The van der Waals surface area contributed by atoms with Crippen LogP contribution in [-0.4, -0.2) is 30.4 Å². The molecule has 0 aliphatic heterocycles. The van der Waals surface area contributed by atoms with Gasteiger partial charge >= 0.3 is 0 Å². The number of nitrogens with zero attached hydrogens (tertiary/aromatic N) is 1. The lowest BCUT2D eigenvalue weighted by atomic mass is 10.1. The summed E-state index contributed by atoms with van der Waals surface area (Å²) in [7, 11) is 0. The maximum Gasteiger partial charge on any atom is 0.231 e. The Balaban J connectivity index is 2.81. The molecule has 0 aliphatic rings. The molecule has 0 aliphatic carbocycles. The van der Waals surface area contributed by atoms with Crippen LogP contribution >= 0.6 is 11.3 Å². The van der Waals surface area contributed by atoms with Crippen molar-refractivity contribution in [2.75, 3.05) is 19.6 Å². The summed E-state index contributed by atoms with van der Waals surface area (Å²) in [6.07, 6.45) is 0. The Morgan fingerprint density at radius 2 is 2.24 bits per heavy atom. The topological polar surface area (TPSA) is 72.3 Å². The Hall–Kier alpha value is -0.910. The van der Waals surface area contributed by atoms with E-state index < -0.39 is 0 Å². The number of nitrogens with two attached hydrogens (primary N) is 2. The molecule has 0 fully saturated rings. The van der Waals surface area contributed by atoms with Gasteiger partial charge in [-0.15, -0.1) is 11.3 Å². The van der Waals surface area contributed by atoms with Crippen molar-refractivity contribution >= 4 is 17.2 Å². The van der Waals surface area contributed by atoms with Crippen molar-refractivity contribution in [2.24, 2.45) is 17.4 Å². The zero-order valence-corrected chi connectivity index (χ0v) is 11.2. The number of hydrogen-bond acceptors (Lipinski definition) is 4. The lowest BCUT2D eigenvalue weighted by Crippen LogP contribution is -2.41. The molecule has 4 nitrogen and oxygen atoms in total. The minimum Gasteiger partial charge on any atom is -0.369 e. The number of primary amides is 1. The number of carbonyl (C=O) groups excluding carboxylic acids is 1. The molecule has 0 bridgehead atoms. The lowest BCUT2D eigenvalue weighted by molar-refractivity contribution is -0.119. The third kappa shape index (κ3) is 4.46. The largest absolute Gasteiger partial charge is 0.369 e. The fraction of sp³-hybridized carbons (Fsp3) is 0.583. The van der Waals surface area contributed by atoms with Gasteiger partial charge in [-0.2, -0.15) is 0 Å². The van der Waals surface area contributed by atoms with Crippen molar-refractivity contribution in [1.82, 2.24) is 4.90 Å². The molecule has 1 amide bonds. The highest BCUT2D eigenvalue weighted by molar-refractivity contribution is 7.10. The summed E-state index contributed by atoms with van der Waals surface area (Å²) in [4.78, 5) is 14.4. The Morgan fingerprint density at radius 1 is 1.53 bits per heavy atom. The van der Waals surface area contributed by atoms with Gasteiger partial charge in [0.15, 0.2) is 0 Å². The van der Waals surface area contributed by atoms with Crippen LogP contribution in [0.3, 0.4) is 0 Å². The molecule has 1 heterocycles. The molecule has 1 rings (SSSR count). The van der Waals surface area contributed by atoms with Crippen LogP contribution in [-0.2, 0) is 4.79 Å². The Bertz CT molecular complexity index is 338. The summed E-state index contributed by atoms with van der Waals surface area (Å²) >= 11 is 1.66. The molecule has 5 heteroatoms. The average molecular weight is 255 g/mol. The highest BCUT2D eigenvalue weighted by atomic mass is 32.1. The molecule has 0 radical (unpaired) electrons. The van der Waals surface area contributed by atoms with Crippen molar-refractivity contribution in [3.8, 4) is 0 Å². The second kappa shape index (κ2) is 6.74. The predicted octanol–water partition coefficient (Wildman–Crippen LogP) is 1.19. The zero-order valence-electron chi connectivity index (χ0n) is 10.4. The number of rotatable bonds is 7. The first-order chi connectivity index (χ1) is 8.04. The van der Waals surface area contributed by atoms with Gasteiger partial charge in [0, 0.05) is 18.0 Å². The molecule has 1 aromatic heterocycles. The number of thiophene rings is 1. The number of hydrogen-bond donors (Lipinski definition) is 2. The lowest BCUT2D eigenvalue weighted by Gasteiger charge is -2.30. The van der Waals surface area contributed by atoms with Crippen molar-refractivity contribution in [1.29, 1.82) is 0 Å². The maximum atomic E-state index is 11.1. The highest BCUT2D eigenvalue weighted by Gasteiger charge is 2.22. The molecular formula is C12H21N3OS. The van der Waals surface area contributed by atoms with Crippen LogP contribution < -0.4 is 11.5 Å². The van der Waals surface area contributed by atoms with Crippen LogP contribution in [0.5, 0.6) is 0 Å². The van der Waals surface area contributed by atoms with Gasteiger partial charge in [-0.05, 0) is 17.4 Å². The fourth-order valence-corrected chi connectivity index (χ4v) is 2.77. The third-order valence-corrected chi connectivity index (χ3v) is 3.47. The first kappa shape index (κ1) is 14.2. The van der Waals surface area contributed by atoms with Crippen LogP contribution in [0.2, 0.25) is 0 Å². The summed E-state index contributed by atoms with van der Waals surface area (Å²) in [6.45, 7) is 5.83. The Labute approximate surface area is 107 Å². The smallest absolute Gasteiger partial charge is 0.231 e. The number of carbonyl (C=O) groups is 1. The Morgan fingerprint density at radius 3 is 2.65 bits per heavy atom. The Kier molecular flexibility index (Phi) is 5.61. The van der Waals surface area contributed by atoms with Crippen LogP contribution in [0.4, 0.5) is 0 Å². The molecule has 1 aromatic rings. The van der Waals surface area contributed by atoms with Gasteiger partial charge in [-0.1, -0.05) is 19.9 Å². The maximum absolute atomic E-state index is 11.1. The second-order valence-corrected chi connectivity index (χ2v) is 5.54. The molecule has 0 spiro atoms. The summed E-state index contributed by atoms with van der Waals surface area (Å²) in [5, 5.41) is 2.02. The predicted molar refractivity (Wildman–Crippen MR) is 71.7 cm³/mol.